The first-order valence-corrected chi connectivity index (χ1v) is 5.19. The lowest BCUT2D eigenvalue weighted by Crippen LogP contribution is -2.22. The van der Waals surface area contributed by atoms with E-state index in [4.69, 9.17) is 16.7 Å². The van der Waals surface area contributed by atoms with Gasteiger partial charge in [-0.1, -0.05) is 31.5 Å². The summed E-state index contributed by atoms with van der Waals surface area (Å²) in [4.78, 5) is 10.8. The summed E-state index contributed by atoms with van der Waals surface area (Å²) in [6.07, 6.45) is 0.105. The van der Waals surface area contributed by atoms with Crippen molar-refractivity contribution in [2.24, 2.45) is 0 Å². The van der Waals surface area contributed by atoms with Crippen LogP contribution in [-0.4, -0.2) is 11.1 Å². The van der Waals surface area contributed by atoms with E-state index < -0.39 is 5.97 Å². The van der Waals surface area contributed by atoms with E-state index in [1.165, 1.54) is 0 Å². The molecule has 0 bridgehead atoms. The molecular formula is C12H15ClO2. The molecule has 0 aliphatic heterocycles. The Kier molecular flexibility index (Phi) is 3.40. The van der Waals surface area contributed by atoms with Crippen LogP contribution in [0.4, 0.5) is 0 Å². The molecule has 0 aliphatic carbocycles. The Balaban J connectivity index is 3.13. The Morgan fingerprint density at radius 3 is 2.60 bits per heavy atom. The van der Waals surface area contributed by atoms with Crippen LogP contribution in [-0.2, 0) is 10.2 Å². The normalized spacial score (nSPS) is 11.5. The summed E-state index contributed by atoms with van der Waals surface area (Å²) in [6, 6.07) is 5.58. The van der Waals surface area contributed by atoms with Gasteiger partial charge in [0.15, 0.2) is 0 Å². The average Bonchev–Trinajstić information content (AvgIpc) is 2.06. The van der Waals surface area contributed by atoms with Crippen molar-refractivity contribution < 1.29 is 9.90 Å². The molecule has 0 atom stereocenters. The van der Waals surface area contributed by atoms with Crippen LogP contribution in [0.3, 0.4) is 0 Å². The van der Waals surface area contributed by atoms with E-state index in [1.807, 2.05) is 39.0 Å². The highest BCUT2D eigenvalue weighted by Crippen LogP contribution is 2.31. The number of aliphatic carboxylic acids is 1. The second-order valence-corrected chi connectivity index (χ2v) is 4.85. The highest BCUT2D eigenvalue weighted by molar-refractivity contribution is 6.30. The molecule has 0 heterocycles. The maximum absolute atomic E-state index is 10.8. The van der Waals surface area contributed by atoms with E-state index >= 15 is 0 Å². The van der Waals surface area contributed by atoms with Gasteiger partial charge < -0.3 is 5.11 Å². The van der Waals surface area contributed by atoms with Crippen molar-refractivity contribution in [2.45, 2.75) is 32.6 Å². The smallest absolute Gasteiger partial charge is 0.304 e. The number of hydrogen-bond donors (Lipinski definition) is 1. The van der Waals surface area contributed by atoms with Crippen molar-refractivity contribution in [3.8, 4) is 0 Å². The highest BCUT2D eigenvalue weighted by Gasteiger charge is 2.25. The lowest BCUT2D eigenvalue weighted by atomic mass is 9.79. The minimum atomic E-state index is -0.792. The van der Waals surface area contributed by atoms with Gasteiger partial charge in [-0.25, -0.2) is 0 Å². The molecule has 0 unspecified atom stereocenters. The van der Waals surface area contributed by atoms with Crippen molar-refractivity contribution in [3.05, 3.63) is 34.3 Å². The molecule has 1 N–H and O–H groups in total. The van der Waals surface area contributed by atoms with Gasteiger partial charge >= 0.3 is 5.97 Å². The Morgan fingerprint density at radius 2 is 2.07 bits per heavy atom. The zero-order valence-corrected chi connectivity index (χ0v) is 9.93. The molecule has 0 saturated heterocycles. The van der Waals surface area contributed by atoms with Crippen LogP contribution >= 0.6 is 11.6 Å². The lowest BCUT2D eigenvalue weighted by molar-refractivity contribution is -0.138. The molecule has 1 aromatic rings. The van der Waals surface area contributed by atoms with Gasteiger partial charge in [0.2, 0.25) is 0 Å². The maximum Gasteiger partial charge on any atom is 0.304 e. The number of halogens is 1. The molecule has 0 spiro atoms. The van der Waals surface area contributed by atoms with Crippen molar-refractivity contribution in [1.29, 1.82) is 0 Å². The Morgan fingerprint density at radius 1 is 1.47 bits per heavy atom. The van der Waals surface area contributed by atoms with E-state index in [1.54, 1.807) is 0 Å². The van der Waals surface area contributed by atoms with Gasteiger partial charge in [0, 0.05) is 10.4 Å². The molecule has 2 nitrogen and oxygen atoms in total. The van der Waals surface area contributed by atoms with Gasteiger partial charge in [-0.3, -0.25) is 4.79 Å². The van der Waals surface area contributed by atoms with Gasteiger partial charge in [0.25, 0.3) is 0 Å². The fourth-order valence-electron chi connectivity index (χ4n) is 1.80. The molecule has 82 valence electrons. The molecule has 0 aromatic heterocycles. The molecule has 0 aliphatic rings. The number of carbonyl (C=O) groups is 1. The van der Waals surface area contributed by atoms with Crippen molar-refractivity contribution in [1.82, 2.24) is 0 Å². The second-order valence-electron chi connectivity index (χ2n) is 4.41. The molecule has 15 heavy (non-hydrogen) atoms. The molecule has 0 amide bonds. The summed E-state index contributed by atoms with van der Waals surface area (Å²) < 4.78 is 0. The SMILES string of the molecule is Cc1ccc(Cl)cc1C(C)(C)CC(=O)O. The summed E-state index contributed by atoms with van der Waals surface area (Å²) in [5.41, 5.74) is 1.68. The van der Waals surface area contributed by atoms with Gasteiger partial charge in [-0.05, 0) is 30.2 Å². The van der Waals surface area contributed by atoms with Crippen LogP contribution < -0.4 is 0 Å². The fourth-order valence-corrected chi connectivity index (χ4v) is 1.97. The largest absolute Gasteiger partial charge is 0.481 e. The van der Waals surface area contributed by atoms with Crippen molar-refractivity contribution in [3.63, 3.8) is 0 Å². The number of benzene rings is 1. The van der Waals surface area contributed by atoms with Gasteiger partial charge in [0.05, 0.1) is 6.42 Å². The first-order chi connectivity index (χ1) is 6.83. The Hall–Kier alpha value is -1.02. The molecule has 0 saturated carbocycles. The topological polar surface area (TPSA) is 37.3 Å². The van der Waals surface area contributed by atoms with E-state index in [0.29, 0.717) is 5.02 Å². The van der Waals surface area contributed by atoms with Crippen molar-refractivity contribution >= 4 is 17.6 Å². The fraction of sp³-hybridized carbons (Fsp3) is 0.417. The summed E-state index contributed by atoms with van der Waals surface area (Å²) >= 11 is 5.91. The molecule has 3 heteroatoms. The predicted octanol–water partition coefficient (Wildman–Crippen LogP) is 3.40. The molecular weight excluding hydrogens is 212 g/mol. The standard InChI is InChI=1S/C12H15ClO2/c1-8-4-5-9(13)6-10(8)12(2,3)7-11(14)15/h4-6H,7H2,1-3H3,(H,14,15). The summed E-state index contributed by atoms with van der Waals surface area (Å²) in [7, 11) is 0. The van der Waals surface area contributed by atoms with Gasteiger partial charge in [-0.2, -0.15) is 0 Å². The third-order valence-corrected chi connectivity index (χ3v) is 2.76. The molecule has 0 fully saturated rings. The minimum Gasteiger partial charge on any atom is -0.481 e. The Labute approximate surface area is 94.9 Å². The van der Waals surface area contributed by atoms with E-state index in [-0.39, 0.29) is 11.8 Å². The molecule has 0 radical (unpaired) electrons. The van der Waals surface area contributed by atoms with E-state index in [2.05, 4.69) is 0 Å². The van der Waals surface area contributed by atoms with Crippen LogP contribution in [0.5, 0.6) is 0 Å². The summed E-state index contributed by atoms with van der Waals surface area (Å²) in [5, 5.41) is 9.48. The van der Waals surface area contributed by atoms with Crippen LogP contribution in [0.1, 0.15) is 31.4 Å². The zero-order chi connectivity index (χ0) is 11.6. The number of hydrogen-bond acceptors (Lipinski definition) is 1. The van der Waals surface area contributed by atoms with E-state index in [9.17, 15) is 4.79 Å². The second kappa shape index (κ2) is 4.23. The monoisotopic (exact) mass is 226 g/mol. The zero-order valence-electron chi connectivity index (χ0n) is 9.17. The van der Waals surface area contributed by atoms with Crippen LogP contribution in [0.2, 0.25) is 5.02 Å². The third kappa shape index (κ3) is 2.96. The van der Waals surface area contributed by atoms with Crippen LogP contribution in [0, 0.1) is 6.92 Å². The highest BCUT2D eigenvalue weighted by atomic mass is 35.5. The third-order valence-electron chi connectivity index (χ3n) is 2.52. The lowest BCUT2D eigenvalue weighted by Gasteiger charge is -2.25. The minimum absolute atomic E-state index is 0.105. The quantitative estimate of drug-likeness (QED) is 0.858. The van der Waals surface area contributed by atoms with Gasteiger partial charge in [-0.15, -0.1) is 0 Å². The van der Waals surface area contributed by atoms with Crippen LogP contribution in [0.15, 0.2) is 18.2 Å². The van der Waals surface area contributed by atoms with Gasteiger partial charge in [0.1, 0.15) is 0 Å². The Bertz CT molecular complexity index is 383. The summed E-state index contributed by atoms with van der Waals surface area (Å²) in [5.74, 6) is -0.792. The number of carboxylic acids is 1. The number of carboxylic acid groups (broad SMARTS) is 1. The maximum atomic E-state index is 10.8. The summed E-state index contributed by atoms with van der Waals surface area (Å²) in [6.45, 7) is 5.80. The molecule has 1 aromatic carbocycles. The first kappa shape index (κ1) is 12.1. The average molecular weight is 227 g/mol. The first-order valence-electron chi connectivity index (χ1n) is 4.81. The van der Waals surface area contributed by atoms with Crippen molar-refractivity contribution in [2.75, 3.05) is 0 Å². The number of aryl methyl sites for hydroxylation is 1. The molecule has 1 rings (SSSR count). The van der Waals surface area contributed by atoms with E-state index in [0.717, 1.165) is 11.1 Å². The number of rotatable bonds is 3. The predicted molar refractivity (Wildman–Crippen MR) is 61.5 cm³/mol. The van der Waals surface area contributed by atoms with Crippen LogP contribution in [0.25, 0.3) is 0 Å².